The molecule has 28 heavy (non-hydrogen) atoms. The molecule has 0 radical (unpaired) electrons. The molecule has 0 aromatic rings. The zero-order valence-corrected chi connectivity index (χ0v) is 18.5. The molecule has 1 heterocycles. The van der Waals surface area contributed by atoms with Crippen molar-refractivity contribution in [2.75, 3.05) is 13.1 Å². The molecule has 0 aromatic carbocycles. The van der Waals surface area contributed by atoms with E-state index in [0.717, 1.165) is 12.8 Å². The minimum absolute atomic E-state index is 0.150. The third-order valence-corrected chi connectivity index (χ3v) is 6.34. The van der Waals surface area contributed by atoms with Crippen molar-refractivity contribution in [2.45, 2.75) is 97.5 Å². The second-order valence-electron chi connectivity index (χ2n) is 10.3. The van der Waals surface area contributed by atoms with Crippen molar-refractivity contribution in [1.29, 1.82) is 0 Å². The lowest BCUT2D eigenvalue weighted by Gasteiger charge is -2.43. The van der Waals surface area contributed by atoms with Crippen molar-refractivity contribution in [1.82, 2.24) is 10.2 Å². The van der Waals surface area contributed by atoms with Crippen molar-refractivity contribution in [3.05, 3.63) is 0 Å². The van der Waals surface area contributed by atoms with Gasteiger partial charge in [0.05, 0.1) is 6.10 Å². The zero-order valence-electron chi connectivity index (χ0n) is 18.5. The first-order valence-corrected chi connectivity index (χ1v) is 10.4. The molecule has 2 fully saturated rings. The monoisotopic (exact) mass is 398 g/mol. The molecule has 0 aromatic heterocycles. The van der Waals surface area contributed by atoms with Gasteiger partial charge in [0.25, 0.3) is 0 Å². The first kappa shape index (κ1) is 22.8. The molecular formula is C21H38N2O5. The number of aliphatic hydroxyl groups excluding tert-OH is 1. The SMILES string of the molecule is CC(C)C(C)(C)OC(=O)N1CCC2(CC1)C[C@@H](O)C[C@H]2NC(=O)OC(C)(C)C. The number of carbonyl (C=O) groups excluding carboxylic acids is 2. The van der Waals surface area contributed by atoms with E-state index in [0.29, 0.717) is 25.9 Å². The Morgan fingerprint density at radius 2 is 1.68 bits per heavy atom. The number of carbonyl (C=O) groups is 2. The summed E-state index contributed by atoms with van der Waals surface area (Å²) in [5, 5.41) is 13.2. The normalized spacial score (nSPS) is 25.1. The van der Waals surface area contributed by atoms with Crippen LogP contribution in [-0.2, 0) is 9.47 Å². The minimum atomic E-state index is -0.565. The molecule has 162 valence electrons. The summed E-state index contributed by atoms with van der Waals surface area (Å²) in [5.41, 5.74) is -1.29. The quantitative estimate of drug-likeness (QED) is 0.757. The summed E-state index contributed by atoms with van der Waals surface area (Å²) in [7, 11) is 0. The Hall–Kier alpha value is -1.50. The smallest absolute Gasteiger partial charge is 0.410 e. The van der Waals surface area contributed by atoms with Crippen molar-refractivity contribution < 1.29 is 24.2 Å². The van der Waals surface area contributed by atoms with Gasteiger partial charge in [-0.15, -0.1) is 0 Å². The summed E-state index contributed by atoms with van der Waals surface area (Å²) in [6, 6.07) is -0.150. The number of aliphatic hydroxyl groups is 1. The molecule has 1 saturated carbocycles. The molecule has 0 unspecified atom stereocenters. The molecule has 2 amide bonds. The summed E-state index contributed by atoms with van der Waals surface area (Å²) in [6.45, 7) is 14.5. The summed E-state index contributed by atoms with van der Waals surface area (Å²) in [5.74, 6) is 0.222. The minimum Gasteiger partial charge on any atom is -0.444 e. The Labute approximate surface area is 169 Å². The third-order valence-electron chi connectivity index (χ3n) is 6.34. The van der Waals surface area contributed by atoms with E-state index in [4.69, 9.17) is 9.47 Å². The van der Waals surface area contributed by atoms with Gasteiger partial charge in [0.1, 0.15) is 11.2 Å². The largest absolute Gasteiger partial charge is 0.444 e. The standard InChI is InChI=1S/C21H38N2O5/c1-14(2)20(6,7)28-18(26)23-10-8-21(9-11-23)13-15(24)12-16(21)22-17(25)27-19(3,4)5/h14-16,24H,8-13H2,1-7H3,(H,22,25)/t15-,16+/m0/s1. The van der Waals surface area contributed by atoms with E-state index in [-0.39, 0.29) is 23.5 Å². The highest BCUT2D eigenvalue weighted by Crippen LogP contribution is 2.46. The fourth-order valence-corrected chi connectivity index (χ4v) is 3.97. The molecule has 2 atom stereocenters. The topological polar surface area (TPSA) is 88.1 Å². The van der Waals surface area contributed by atoms with Gasteiger partial charge in [-0.25, -0.2) is 9.59 Å². The lowest BCUT2D eigenvalue weighted by molar-refractivity contribution is -0.0260. The molecule has 1 aliphatic carbocycles. The number of hydrogen-bond acceptors (Lipinski definition) is 5. The molecule has 1 spiro atoms. The van der Waals surface area contributed by atoms with Crippen LogP contribution in [0.15, 0.2) is 0 Å². The van der Waals surface area contributed by atoms with Crippen LogP contribution in [0.4, 0.5) is 9.59 Å². The van der Waals surface area contributed by atoms with E-state index in [1.807, 2.05) is 48.5 Å². The number of nitrogens with zero attached hydrogens (tertiary/aromatic N) is 1. The van der Waals surface area contributed by atoms with Gasteiger partial charge in [-0.2, -0.15) is 0 Å². The van der Waals surface area contributed by atoms with E-state index in [2.05, 4.69) is 5.32 Å². The van der Waals surface area contributed by atoms with Gasteiger partial charge >= 0.3 is 12.2 Å². The number of piperidine rings is 1. The van der Waals surface area contributed by atoms with Gasteiger partial charge in [0, 0.05) is 19.1 Å². The van der Waals surface area contributed by atoms with Gasteiger partial charge in [0.15, 0.2) is 0 Å². The summed E-state index contributed by atoms with van der Waals surface area (Å²) < 4.78 is 11.1. The Kier molecular flexibility index (Phi) is 6.58. The summed E-state index contributed by atoms with van der Waals surface area (Å²) in [6.07, 6.45) is 1.41. The average molecular weight is 399 g/mol. The van der Waals surface area contributed by atoms with Gasteiger partial charge in [0.2, 0.25) is 0 Å². The summed E-state index contributed by atoms with van der Waals surface area (Å²) in [4.78, 5) is 26.5. The molecule has 2 rings (SSSR count). The van der Waals surface area contributed by atoms with E-state index in [1.54, 1.807) is 4.90 Å². The van der Waals surface area contributed by atoms with Gasteiger partial charge in [-0.1, -0.05) is 13.8 Å². The van der Waals surface area contributed by atoms with E-state index in [1.165, 1.54) is 0 Å². The molecular weight excluding hydrogens is 360 g/mol. The van der Waals surface area contributed by atoms with Crippen molar-refractivity contribution in [3.8, 4) is 0 Å². The second kappa shape index (κ2) is 8.09. The molecule has 0 bridgehead atoms. The van der Waals surface area contributed by atoms with Crippen LogP contribution in [0.5, 0.6) is 0 Å². The fraction of sp³-hybridized carbons (Fsp3) is 0.905. The van der Waals surface area contributed by atoms with Crippen LogP contribution in [-0.4, -0.2) is 58.6 Å². The predicted molar refractivity (Wildman–Crippen MR) is 107 cm³/mol. The molecule has 1 aliphatic heterocycles. The molecule has 2 aliphatic rings. The first-order chi connectivity index (χ1) is 12.7. The first-order valence-electron chi connectivity index (χ1n) is 10.4. The Morgan fingerprint density at radius 3 is 2.18 bits per heavy atom. The highest BCUT2D eigenvalue weighted by atomic mass is 16.6. The Morgan fingerprint density at radius 1 is 1.11 bits per heavy atom. The lowest BCUT2D eigenvalue weighted by Crippen LogP contribution is -2.52. The van der Waals surface area contributed by atoms with Crippen LogP contribution in [0.25, 0.3) is 0 Å². The second-order valence-corrected chi connectivity index (χ2v) is 10.3. The Balaban J connectivity index is 1.98. The fourth-order valence-electron chi connectivity index (χ4n) is 3.97. The van der Waals surface area contributed by atoms with Crippen molar-refractivity contribution in [2.24, 2.45) is 11.3 Å². The molecule has 2 N–H and O–H groups in total. The van der Waals surface area contributed by atoms with Crippen molar-refractivity contribution >= 4 is 12.2 Å². The van der Waals surface area contributed by atoms with E-state index in [9.17, 15) is 14.7 Å². The van der Waals surface area contributed by atoms with Crippen LogP contribution in [0.2, 0.25) is 0 Å². The predicted octanol–water partition coefficient (Wildman–Crippen LogP) is 3.69. The average Bonchev–Trinajstić information content (AvgIpc) is 2.80. The maximum absolute atomic E-state index is 12.6. The van der Waals surface area contributed by atoms with E-state index < -0.39 is 23.4 Å². The van der Waals surface area contributed by atoms with Crippen LogP contribution < -0.4 is 5.32 Å². The highest BCUT2D eigenvalue weighted by molar-refractivity contribution is 5.69. The molecule has 7 nitrogen and oxygen atoms in total. The maximum atomic E-state index is 12.6. The zero-order chi connectivity index (χ0) is 21.3. The molecule has 1 saturated heterocycles. The number of likely N-dealkylation sites (tertiary alicyclic amines) is 1. The van der Waals surface area contributed by atoms with Crippen LogP contribution >= 0.6 is 0 Å². The lowest BCUT2D eigenvalue weighted by atomic mass is 9.74. The molecule has 7 heteroatoms. The third kappa shape index (κ3) is 5.52. The number of nitrogens with one attached hydrogen (secondary N) is 1. The van der Waals surface area contributed by atoms with Crippen LogP contribution in [0.3, 0.4) is 0 Å². The number of rotatable bonds is 3. The Bertz CT molecular complexity index is 574. The van der Waals surface area contributed by atoms with Crippen LogP contribution in [0, 0.1) is 11.3 Å². The van der Waals surface area contributed by atoms with Gasteiger partial charge in [-0.3, -0.25) is 0 Å². The number of alkyl carbamates (subject to hydrolysis) is 1. The summed E-state index contributed by atoms with van der Waals surface area (Å²) >= 11 is 0. The number of ether oxygens (including phenoxy) is 2. The number of hydrogen-bond donors (Lipinski definition) is 2. The highest BCUT2D eigenvalue weighted by Gasteiger charge is 2.50. The van der Waals surface area contributed by atoms with Gasteiger partial charge < -0.3 is 24.8 Å². The maximum Gasteiger partial charge on any atom is 0.410 e. The van der Waals surface area contributed by atoms with E-state index >= 15 is 0 Å². The van der Waals surface area contributed by atoms with Crippen LogP contribution in [0.1, 0.15) is 74.1 Å². The van der Waals surface area contributed by atoms with Crippen molar-refractivity contribution in [3.63, 3.8) is 0 Å². The number of amides is 2. The van der Waals surface area contributed by atoms with Gasteiger partial charge in [-0.05, 0) is 71.6 Å².